The molecule has 2 amide bonds. The SMILES string of the molecule is CCN1C(=O)[C@H]2[C@@H](c3ccc(N(C)C)cc3)[NH2+][C@@](C)(C(=O)OC)[C@@H]2C1=O. The number of hydrogen-bond acceptors (Lipinski definition) is 5. The maximum absolute atomic E-state index is 12.9. The number of carbonyl (C=O) groups excluding carboxylic acids is 3. The van der Waals surface area contributed by atoms with E-state index in [9.17, 15) is 14.4 Å². The molecule has 7 heteroatoms. The van der Waals surface area contributed by atoms with Gasteiger partial charge < -0.3 is 15.0 Å². The van der Waals surface area contributed by atoms with Gasteiger partial charge in [0.15, 0.2) is 0 Å². The highest BCUT2D eigenvalue weighted by Crippen LogP contribution is 2.44. The van der Waals surface area contributed by atoms with E-state index in [4.69, 9.17) is 4.74 Å². The standard InChI is InChI=1S/C19H25N3O4/c1-6-22-16(23)13-14(17(22)24)19(2,18(25)26-5)20-15(13)11-7-9-12(10-8-11)21(3)4/h7-10,13-15,20H,6H2,1-5H3/p+1/t13-,14+,15-,19-/m1/s1. The van der Waals surface area contributed by atoms with Crippen molar-refractivity contribution in [2.45, 2.75) is 25.4 Å². The van der Waals surface area contributed by atoms with Crippen LogP contribution in [0.15, 0.2) is 24.3 Å². The monoisotopic (exact) mass is 360 g/mol. The molecule has 0 radical (unpaired) electrons. The highest BCUT2D eigenvalue weighted by Gasteiger charge is 2.70. The molecular formula is C19H26N3O4+. The number of carbonyl (C=O) groups is 3. The Balaban J connectivity index is 2.05. The number of nitrogens with two attached hydrogens (primary N) is 1. The number of fused-ring (bicyclic) bond motifs is 1. The molecule has 2 heterocycles. The van der Waals surface area contributed by atoms with Gasteiger partial charge in [-0.25, -0.2) is 4.79 Å². The lowest BCUT2D eigenvalue weighted by molar-refractivity contribution is -0.731. The number of hydrogen-bond donors (Lipinski definition) is 1. The molecule has 2 N–H and O–H groups in total. The highest BCUT2D eigenvalue weighted by atomic mass is 16.5. The molecular weight excluding hydrogens is 334 g/mol. The van der Waals surface area contributed by atoms with E-state index in [1.807, 2.05) is 48.6 Å². The second kappa shape index (κ2) is 6.39. The van der Waals surface area contributed by atoms with Gasteiger partial charge in [0.2, 0.25) is 17.4 Å². The zero-order chi connectivity index (χ0) is 19.2. The van der Waals surface area contributed by atoms with E-state index < -0.39 is 23.3 Å². The molecule has 3 rings (SSSR count). The van der Waals surface area contributed by atoms with Crippen LogP contribution in [-0.2, 0) is 19.1 Å². The van der Waals surface area contributed by atoms with Crippen molar-refractivity contribution in [1.29, 1.82) is 0 Å². The van der Waals surface area contributed by atoms with E-state index in [0.29, 0.717) is 6.54 Å². The van der Waals surface area contributed by atoms with Crippen molar-refractivity contribution in [2.75, 3.05) is 32.6 Å². The normalized spacial score (nSPS) is 30.5. The van der Waals surface area contributed by atoms with Crippen molar-refractivity contribution in [2.24, 2.45) is 11.8 Å². The van der Waals surface area contributed by atoms with Crippen LogP contribution in [0, 0.1) is 11.8 Å². The van der Waals surface area contributed by atoms with Gasteiger partial charge in [0.05, 0.1) is 7.11 Å². The number of anilines is 1. The predicted molar refractivity (Wildman–Crippen MR) is 95.2 cm³/mol. The molecule has 2 aliphatic heterocycles. The van der Waals surface area contributed by atoms with E-state index in [0.717, 1.165) is 11.3 Å². The molecule has 0 spiro atoms. The van der Waals surface area contributed by atoms with Crippen LogP contribution in [0.1, 0.15) is 25.5 Å². The summed E-state index contributed by atoms with van der Waals surface area (Å²) in [5, 5.41) is 1.83. The van der Waals surface area contributed by atoms with Crippen LogP contribution >= 0.6 is 0 Å². The lowest BCUT2D eigenvalue weighted by atomic mass is 9.80. The Morgan fingerprint density at radius 2 is 1.85 bits per heavy atom. The topological polar surface area (TPSA) is 83.5 Å². The lowest BCUT2D eigenvalue weighted by Crippen LogP contribution is -2.97. The smallest absolute Gasteiger partial charge is 0.368 e. The minimum Gasteiger partial charge on any atom is -0.464 e. The highest BCUT2D eigenvalue weighted by molar-refractivity contribution is 6.08. The first-order valence-electron chi connectivity index (χ1n) is 8.83. The van der Waals surface area contributed by atoms with E-state index in [1.165, 1.54) is 12.0 Å². The zero-order valence-corrected chi connectivity index (χ0v) is 15.9. The van der Waals surface area contributed by atoms with E-state index in [2.05, 4.69) is 0 Å². The van der Waals surface area contributed by atoms with E-state index >= 15 is 0 Å². The Morgan fingerprint density at radius 3 is 2.35 bits per heavy atom. The van der Waals surface area contributed by atoms with E-state index in [1.54, 1.807) is 13.8 Å². The molecule has 1 aromatic rings. The molecule has 0 unspecified atom stereocenters. The fraction of sp³-hybridized carbons (Fsp3) is 0.526. The van der Waals surface area contributed by atoms with Crippen molar-refractivity contribution in [3.05, 3.63) is 29.8 Å². The number of benzene rings is 1. The molecule has 1 aromatic carbocycles. The van der Waals surface area contributed by atoms with Gasteiger partial charge in [0.1, 0.15) is 17.9 Å². The Morgan fingerprint density at radius 1 is 1.23 bits per heavy atom. The molecule has 2 aliphatic rings. The van der Waals surface area contributed by atoms with Crippen LogP contribution in [0.25, 0.3) is 0 Å². The van der Waals surface area contributed by atoms with Crippen molar-refractivity contribution in [3.8, 4) is 0 Å². The second-order valence-corrected chi connectivity index (χ2v) is 7.38. The maximum atomic E-state index is 12.9. The molecule has 140 valence electrons. The van der Waals surface area contributed by atoms with Crippen molar-refractivity contribution < 1.29 is 24.4 Å². The summed E-state index contributed by atoms with van der Waals surface area (Å²) in [5.74, 6) is -2.22. The molecule has 2 saturated heterocycles. The first kappa shape index (κ1) is 18.4. The van der Waals surface area contributed by atoms with Gasteiger partial charge in [-0.3, -0.25) is 14.5 Å². The summed E-state index contributed by atoms with van der Waals surface area (Å²) in [6.45, 7) is 3.79. The van der Waals surface area contributed by atoms with Crippen LogP contribution in [0.5, 0.6) is 0 Å². The summed E-state index contributed by atoms with van der Waals surface area (Å²) in [5.41, 5.74) is 0.862. The first-order valence-corrected chi connectivity index (χ1v) is 8.83. The summed E-state index contributed by atoms with van der Waals surface area (Å²) in [6, 6.07) is 7.58. The Bertz CT molecular complexity index is 746. The predicted octanol–water partition coefficient (Wildman–Crippen LogP) is -0.0765. The van der Waals surface area contributed by atoms with Gasteiger partial charge in [-0.15, -0.1) is 0 Å². The third-order valence-corrected chi connectivity index (χ3v) is 5.74. The van der Waals surface area contributed by atoms with Gasteiger partial charge in [-0.2, -0.15) is 0 Å². The summed E-state index contributed by atoms with van der Waals surface area (Å²) in [7, 11) is 5.23. The van der Waals surface area contributed by atoms with Gasteiger partial charge in [0.25, 0.3) is 0 Å². The molecule has 2 fully saturated rings. The molecule has 4 atom stereocenters. The van der Waals surface area contributed by atoms with E-state index in [-0.39, 0.29) is 17.9 Å². The summed E-state index contributed by atoms with van der Waals surface area (Å²) >= 11 is 0. The van der Waals surface area contributed by atoms with Crippen molar-refractivity contribution in [3.63, 3.8) is 0 Å². The third-order valence-electron chi connectivity index (χ3n) is 5.74. The van der Waals surface area contributed by atoms with Crippen LogP contribution in [0.2, 0.25) is 0 Å². The average molecular weight is 360 g/mol. The summed E-state index contributed by atoms with van der Waals surface area (Å²) < 4.78 is 4.97. The maximum Gasteiger partial charge on any atom is 0.368 e. The average Bonchev–Trinajstić information content (AvgIpc) is 3.08. The third kappa shape index (κ3) is 2.49. The fourth-order valence-electron chi connectivity index (χ4n) is 4.35. The molecule has 7 nitrogen and oxygen atoms in total. The summed E-state index contributed by atoms with van der Waals surface area (Å²) in [6.07, 6.45) is 0. The molecule has 0 aromatic heterocycles. The van der Waals surface area contributed by atoms with Crippen LogP contribution in [0.4, 0.5) is 5.69 Å². The Labute approximate surface area is 153 Å². The number of esters is 1. The van der Waals surface area contributed by atoms with Crippen molar-refractivity contribution in [1.82, 2.24) is 4.90 Å². The molecule has 0 aliphatic carbocycles. The minimum atomic E-state index is -1.11. The molecule has 0 bridgehead atoms. The number of methoxy groups -OCH3 is 1. The van der Waals surface area contributed by atoms with Crippen LogP contribution < -0.4 is 10.2 Å². The van der Waals surface area contributed by atoms with Gasteiger partial charge in [-0.05, 0) is 19.1 Å². The number of rotatable bonds is 4. The second-order valence-electron chi connectivity index (χ2n) is 7.38. The number of ether oxygens (including phenoxy) is 1. The van der Waals surface area contributed by atoms with Crippen LogP contribution in [-0.4, -0.2) is 56.0 Å². The molecule has 0 saturated carbocycles. The van der Waals surface area contributed by atoms with Gasteiger partial charge in [-0.1, -0.05) is 12.1 Å². The lowest BCUT2D eigenvalue weighted by Gasteiger charge is -2.25. The Hall–Kier alpha value is -2.41. The fourth-order valence-corrected chi connectivity index (χ4v) is 4.35. The number of nitrogens with zero attached hydrogens (tertiary/aromatic N) is 2. The first-order chi connectivity index (χ1) is 12.3. The number of likely N-dealkylation sites (tertiary alicyclic amines) is 1. The number of amides is 2. The van der Waals surface area contributed by atoms with Gasteiger partial charge >= 0.3 is 5.97 Å². The minimum absolute atomic E-state index is 0.201. The van der Waals surface area contributed by atoms with Gasteiger partial charge in [0, 0.05) is 38.8 Å². The Kier molecular flexibility index (Phi) is 4.52. The molecule has 26 heavy (non-hydrogen) atoms. The largest absolute Gasteiger partial charge is 0.464 e. The zero-order valence-electron chi connectivity index (χ0n) is 15.9. The quantitative estimate of drug-likeness (QED) is 0.600. The number of quaternary nitrogens is 1. The van der Waals surface area contributed by atoms with Crippen LogP contribution in [0.3, 0.4) is 0 Å². The van der Waals surface area contributed by atoms with Crippen molar-refractivity contribution >= 4 is 23.5 Å². The number of imide groups is 1. The summed E-state index contributed by atoms with van der Waals surface area (Å²) in [4.78, 5) is 41.5.